The van der Waals surface area contributed by atoms with Crippen molar-refractivity contribution >= 4 is 0 Å². The maximum atomic E-state index is 5.11. The van der Waals surface area contributed by atoms with Crippen LogP contribution in [0, 0.1) is 0 Å². The summed E-state index contributed by atoms with van der Waals surface area (Å²) >= 11 is 0. The Balaban J connectivity index is 2.19. The molecule has 1 heterocycles. The number of piperidine rings is 1. The molecule has 1 N–H and O–H groups in total. The SMILES string of the molecule is COCC(C)NCCN1C(C)CCCC1C. The molecule has 0 amide bonds. The highest BCUT2D eigenvalue weighted by Crippen LogP contribution is 2.21. The van der Waals surface area contributed by atoms with Crippen molar-refractivity contribution in [3.63, 3.8) is 0 Å². The van der Waals surface area contributed by atoms with E-state index in [2.05, 4.69) is 31.0 Å². The zero-order valence-electron chi connectivity index (χ0n) is 11.3. The van der Waals surface area contributed by atoms with Crippen LogP contribution in [0.2, 0.25) is 0 Å². The molecule has 1 aliphatic rings. The molecule has 0 spiro atoms. The fourth-order valence-corrected chi connectivity index (χ4v) is 2.66. The summed E-state index contributed by atoms with van der Waals surface area (Å²) in [6.07, 6.45) is 4.11. The van der Waals surface area contributed by atoms with Crippen LogP contribution in [0.3, 0.4) is 0 Å². The quantitative estimate of drug-likeness (QED) is 0.751. The van der Waals surface area contributed by atoms with Crippen LogP contribution in [0.5, 0.6) is 0 Å². The summed E-state index contributed by atoms with van der Waals surface area (Å²) in [5, 5.41) is 3.51. The van der Waals surface area contributed by atoms with Crippen molar-refractivity contribution < 1.29 is 4.74 Å². The smallest absolute Gasteiger partial charge is 0.0613 e. The molecule has 1 rings (SSSR count). The summed E-state index contributed by atoms with van der Waals surface area (Å²) < 4.78 is 5.11. The number of ether oxygens (including phenoxy) is 1. The fourth-order valence-electron chi connectivity index (χ4n) is 2.66. The molecular formula is C13H28N2O. The lowest BCUT2D eigenvalue weighted by Crippen LogP contribution is -2.47. The molecule has 0 aromatic carbocycles. The van der Waals surface area contributed by atoms with Crippen LogP contribution in [-0.2, 0) is 4.74 Å². The third-order valence-electron chi connectivity index (χ3n) is 3.66. The van der Waals surface area contributed by atoms with E-state index in [0.29, 0.717) is 6.04 Å². The van der Waals surface area contributed by atoms with E-state index < -0.39 is 0 Å². The molecular weight excluding hydrogens is 200 g/mol. The van der Waals surface area contributed by atoms with Crippen LogP contribution in [0.1, 0.15) is 40.0 Å². The predicted octanol–water partition coefficient (Wildman–Crippen LogP) is 1.87. The number of nitrogens with one attached hydrogen (secondary N) is 1. The maximum Gasteiger partial charge on any atom is 0.0613 e. The molecule has 0 aliphatic carbocycles. The van der Waals surface area contributed by atoms with Crippen LogP contribution in [-0.4, -0.2) is 49.8 Å². The number of rotatable bonds is 6. The van der Waals surface area contributed by atoms with E-state index in [9.17, 15) is 0 Å². The highest BCUT2D eigenvalue weighted by molar-refractivity contribution is 4.80. The van der Waals surface area contributed by atoms with E-state index in [-0.39, 0.29) is 0 Å². The minimum absolute atomic E-state index is 0.459. The van der Waals surface area contributed by atoms with Crippen LogP contribution in [0.15, 0.2) is 0 Å². The van der Waals surface area contributed by atoms with Gasteiger partial charge in [0.2, 0.25) is 0 Å². The van der Waals surface area contributed by atoms with Gasteiger partial charge in [0.15, 0.2) is 0 Å². The molecule has 0 radical (unpaired) electrons. The van der Waals surface area contributed by atoms with E-state index in [1.165, 1.54) is 19.3 Å². The Bertz CT molecular complexity index is 177. The number of hydrogen-bond donors (Lipinski definition) is 1. The van der Waals surface area contributed by atoms with Gasteiger partial charge in [-0.2, -0.15) is 0 Å². The molecule has 0 bridgehead atoms. The summed E-state index contributed by atoms with van der Waals surface area (Å²) in [6, 6.07) is 1.96. The van der Waals surface area contributed by atoms with Crippen molar-refractivity contribution in [3.8, 4) is 0 Å². The van der Waals surface area contributed by atoms with Crippen molar-refractivity contribution in [3.05, 3.63) is 0 Å². The monoisotopic (exact) mass is 228 g/mol. The topological polar surface area (TPSA) is 24.5 Å². The van der Waals surface area contributed by atoms with Gasteiger partial charge in [0.1, 0.15) is 0 Å². The Kier molecular flexibility index (Phi) is 6.32. The number of hydrogen-bond acceptors (Lipinski definition) is 3. The van der Waals surface area contributed by atoms with Gasteiger partial charge < -0.3 is 10.1 Å². The molecule has 3 unspecified atom stereocenters. The maximum absolute atomic E-state index is 5.11. The highest BCUT2D eigenvalue weighted by atomic mass is 16.5. The second-order valence-corrected chi connectivity index (χ2v) is 5.18. The lowest BCUT2D eigenvalue weighted by Gasteiger charge is -2.39. The molecule has 3 atom stereocenters. The average molecular weight is 228 g/mol. The Labute approximate surface area is 101 Å². The fraction of sp³-hybridized carbons (Fsp3) is 1.00. The third kappa shape index (κ3) is 4.40. The van der Waals surface area contributed by atoms with E-state index in [0.717, 1.165) is 31.8 Å². The molecule has 16 heavy (non-hydrogen) atoms. The van der Waals surface area contributed by atoms with Crippen molar-refractivity contribution in [1.29, 1.82) is 0 Å². The van der Waals surface area contributed by atoms with Crippen molar-refractivity contribution in [1.82, 2.24) is 10.2 Å². The van der Waals surface area contributed by atoms with Crippen LogP contribution in [0.4, 0.5) is 0 Å². The Hall–Kier alpha value is -0.120. The van der Waals surface area contributed by atoms with Crippen LogP contribution >= 0.6 is 0 Å². The lowest BCUT2D eigenvalue weighted by atomic mass is 9.98. The summed E-state index contributed by atoms with van der Waals surface area (Å²) in [7, 11) is 1.76. The molecule has 96 valence electrons. The first-order valence-corrected chi connectivity index (χ1v) is 6.63. The summed E-state index contributed by atoms with van der Waals surface area (Å²) in [5.74, 6) is 0. The zero-order valence-corrected chi connectivity index (χ0v) is 11.3. The van der Waals surface area contributed by atoms with Gasteiger partial charge in [-0.25, -0.2) is 0 Å². The first-order valence-electron chi connectivity index (χ1n) is 6.63. The molecule has 1 fully saturated rings. The van der Waals surface area contributed by atoms with Crippen molar-refractivity contribution in [2.75, 3.05) is 26.8 Å². The Morgan fingerprint density at radius 1 is 1.31 bits per heavy atom. The molecule has 0 aromatic heterocycles. The van der Waals surface area contributed by atoms with Gasteiger partial charge in [-0.15, -0.1) is 0 Å². The van der Waals surface area contributed by atoms with E-state index >= 15 is 0 Å². The minimum atomic E-state index is 0.459. The second-order valence-electron chi connectivity index (χ2n) is 5.18. The van der Waals surface area contributed by atoms with Crippen molar-refractivity contribution in [2.45, 2.75) is 58.2 Å². The zero-order chi connectivity index (χ0) is 12.0. The van der Waals surface area contributed by atoms with Gasteiger partial charge in [0.05, 0.1) is 6.61 Å². The largest absolute Gasteiger partial charge is 0.383 e. The standard InChI is InChI=1S/C13H28N2O/c1-11(10-16-4)14-8-9-15-12(2)6-5-7-13(15)3/h11-14H,5-10H2,1-4H3. The van der Waals surface area contributed by atoms with E-state index in [1.807, 2.05) is 0 Å². The number of methoxy groups -OCH3 is 1. The predicted molar refractivity (Wildman–Crippen MR) is 68.8 cm³/mol. The molecule has 3 nitrogen and oxygen atoms in total. The molecule has 0 aromatic rings. The average Bonchev–Trinajstić information content (AvgIpc) is 2.23. The summed E-state index contributed by atoms with van der Waals surface area (Å²) in [4.78, 5) is 2.63. The minimum Gasteiger partial charge on any atom is -0.383 e. The first kappa shape index (κ1) is 13.9. The van der Waals surface area contributed by atoms with Gasteiger partial charge >= 0.3 is 0 Å². The van der Waals surface area contributed by atoms with Gasteiger partial charge in [-0.1, -0.05) is 6.42 Å². The number of likely N-dealkylation sites (tertiary alicyclic amines) is 1. The van der Waals surface area contributed by atoms with Crippen LogP contribution < -0.4 is 5.32 Å². The van der Waals surface area contributed by atoms with Gasteiger partial charge in [-0.3, -0.25) is 4.90 Å². The molecule has 1 saturated heterocycles. The van der Waals surface area contributed by atoms with Gasteiger partial charge in [0.25, 0.3) is 0 Å². The van der Waals surface area contributed by atoms with Crippen molar-refractivity contribution in [2.24, 2.45) is 0 Å². The van der Waals surface area contributed by atoms with E-state index in [1.54, 1.807) is 7.11 Å². The normalized spacial score (nSPS) is 29.2. The molecule has 1 aliphatic heterocycles. The Morgan fingerprint density at radius 3 is 2.50 bits per heavy atom. The third-order valence-corrected chi connectivity index (χ3v) is 3.66. The van der Waals surface area contributed by atoms with Gasteiger partial charge in [0, 0.05) is 38.3 Å². The lowest BCUT2D eigenvalue weighted by molar-refractivity contribution is 0.101. The molecule has 0 saturated carbocycles. The second kappa shape index (κ2) is 7.25. The summed E-state index contributed by atoms with van der Waals surface area (Å²) in [5.41, 5.74) is 0. The number of nitrogens with zero attached hydrogens (tertiary/aromatic N) is 1. The van der Waals surface area contributed by atoms with Crippen LogP contribution in [0.25, 0.3) is 0 Å². The highest BCUT2D eigenvalue weighted by Gasteiger charge is 2.23. The van der Waals surface area contributed by atoms with Gasteiger partial charge in [-0.05, 0) is 33.6 Å². The molecule has 3 heteroatoms. The first-order chi connectivity index (χ1) is 7.65. The Morgan fingerprint density at radius 2 is 1.94 bits per heavy atom. The van der Waals surface area contributed by atoms with E-state index in [4.69, 9.17) is 4.74 Å². The summed E-state index contributed by atoms with van der Waals surface area (Å²) in [6.45, 7) is 9.91.